The van der Waals surface area contributed by atoms with E-state index in [9.17, 15) is 4.79 Å². The van der Waals surface area contributed by atoms with E-state index < -0.39 is 0 Å². The summed E-state index contributed by atoms with van der Waals surface area (Å²) in [6, 6.07) is 11.8. The third kappa shape index (κ3) is 6.28. The molecule has 28 heavy (non-hydrogen) atoms. The SMILES string of the molecule is CCCCCc1ccc(C(=O)Nc2cccc(C)c2C)cc1NCC(N)CS. The number of hydrogen-bond donors (Lipinski definition) is 4. The Kier molecular flexibility index (Phi) is 8.87. The van der Waals surface area contributed by atoms with Crippen LogP contribution in [-0.2, 0) is 6.42 Å². The number of carbonyl (C=O) groups is 1. The van der Waals surface area contributed by atoms with E-state index in [1.54, 1.807) is 0 Å². The normalized spacial score (nSPS) is 11.9. The number of rotatable bonds is 10. The highest BCUT2D eigenvalue weighted by Crippen LogP contribution is 2.23. The van der Waals surface area contributed by atoms with Gasteiger partial charge in [0, 0.05) is 35.3 Å². The summed E-state index contributed by atoms with van der Waals surface area (Å²) in [6.07, 6.45) is 4.51. The molecule has 0 bridgehead atoms. The summed E-state index contributed by atoms with van der Waals surface area (Å²) in [5.74, 6) is 0.515. The zero-order valence-corrected chi connectivity index (χ0v) is 18.1. The van der Waals surface area contributed by atoms with E-state index in [4.69, 9.17) is 5.73 Å². The first-order valence-electron chi connectivity index (χ1n) is 10.1. The summed E-state index contributed by atoms with van der Waals surface area (Å²) in [6.45, 7) is 6.90. The lowest BCUT2D eigenvalue weighted by atomic mass is 10.0. The molecular formula is C23H33N3OS. The number of amides is 1. The Bertz CT molecular complexity index is 791. The van der Waals surface area contributed by atoms with E-state index in [1.807, 2.05) is 44.2 Å². The maximum atomic E-state index is 12.8. The van der Waals surface area contributed by atoms with Gasteiger partial charge in [-0.1, -0.05) is 38.0 Å². The molecule has 0 saturated carbocycles. The zero-order valence-electron chi connectivity index (χ0n) is 17.2. The molecule has 2 rings (SSSR count). The van der Waals surface area contributed by atoms with Gasteiger partial charge in [-0.25, -0.2) is 0 Å². The van der Waals surface area contributed by atoms with Crippen LogP contribution in [0, 0.1) is 13.8 Å². The molecular weight excluding hydrogens is 366 g/mol. The molecule has 1 unspecified atom stereocenters. The van der Waals surface area contributed by atoms with Gasteiger partial charge in [-0.15, -0.1) is 0 Å². The Hall–Kier alpha value is -1.98. The van der Waals surface area contributed by atoms with Crippen molar-refractivity contribution in [2.75, 3.05) is 22.9 Å². The first kappa shape index (κ1) is 22.3. The van der Waals surface area contributed by atoms with E-state index in [0.717, 1.165) is 35.3 Å². The van der Waals surface area contributed by atoms with E-state index in [1.165, 1.54) is 18.4 Å². The molecule has 0 fully saturated rings. The Morgan fingerprint density at radius 2 is 1.93 bits per heavy atom. The molecule has 2 aromatic carbocycles. The van der Waals surface area contributed by atoms with Gasteiger partial charge in [0.15, 0.2) is 0 Å². The zero-order chi connectivity index (χ0) is 20.5. The van der Waals surface area contributed by atoms with Gasteiger partial charge in [0.25, 0.3) is 5.91 Å². The van der Waals surface area contributed by atoms with Gasteiger partial charge in [-0.2, -0.15) is 12.6 Å². The number of anilines is 2. The van der Waals surface area contributed by atoms with Crippen LogP contribution in [0.2, 0.25) is 0 Å². The lowest BCUT2D eigenvalue weighted by molar-refractivity contribution is 0.102. The Morgan fingerprint density at radius 3 is 2.64 bits per heavy atom. The molecule has 0 aliphatic rings. The third-order valence-corrected chi connectivity index (χ3v) is 5.53. The van der Waals surface area contributed by atoms with Crippen LogP contribution in [0.1, 0.15) is 53.2 Å². The second kappa shape index (κ2) is 11.1. The van der Waals surface area contributed by atoms with E-state index >= 15 is 0 Å². The number of hydrogen-bond acceptors (Lipinski definition) is 4. The highest BCUT2D eigenvalue weighted by Gasteiger charge is 2.12. The highest BCUT2D eigenvalue weighted by molar-refractivity contribution is 7.80. The number of nitrogens with two attached hydrogens (primary N) is 1. The number of thiol groups is 1. The smallest absolute Gasteiger partial charge is 0.255 e. The van der Waals surface area contributed by atoms with Crippen LogP contribution in [0.3, 0.4) is 0 Å². The molecule has 0 spiro atoms. The van der Waals surface area contributed by atoms with Crippen molar-refractivity contribution in [1.82, 2.24) is 0 Å². The van der Waals surface area contributed by atoms with Crippen LogP contribution in [0.5, 0.6) is 0 Å². The second-order valence-corrected chi connectivity index (χ2v) is 7.72. The molecule has 2 aromatic rings. The van der Waals surface area contributed by atoms with Crippen molar-refractivity contribution < 1.29 is 4.79 Å². The summed E-state index contributed by atoms with van der Waals surface area (Å²) in [7, 11) is 0. The molecule has 0 aliphatic carbocycles. The Morgan fingerprint density at radius 1 is 1.14 bits per heavy atom. The highest BCUT2D eigenvalue weighted by atomic mass is 32.1. The van der Waals surface area contributed by atoms with Crippen molar-refractivity contribution in [1.29, 1.82) is 0 Å². The van der Waals surface area contributed by atoms with Crippen molar-refractivity contribution in [3.63, 3.8) is 0 Å². The minimum atomic E-state index is -0.102. The minimum absolute atomic E-state index is 0.0285. The summed E-state index contributed by atoms with van der Waals surface area (Å²) < 4.78 is 0. The van der Waals surface area contributed by atoms with E-state index in [0.29, 0.717) is 17.9 Å². The first-order valence-corrected chi connectivity index (χ1v) is 10.7. The topological polar surface area (TPSA) is 67.2 Å². The lowest BCUT2D eigenvalue weighted by Crippen LogP contribution is -2.31. The van der Waals surface area contributed by atoms with Gasteiger partial charge in [0.05, 0.1) is 0 Å². The quantitative estimate of drug-likeness (QED) is 0.337. The maximum Gasteiger partial charge on any atom is 0.255 e. The van der Waals surface area contributed by atoms with Gasteiger partial charge >= 0.3 is 0 Å². The molecule has 5 heteroatoms. The van der Waals surface area contributed by atoms with Crippen LogP contribution in [0.15, 0.2) is 36.4 Å². The fraction of sp³-hybridized carbons (Fsp3) is 0.435. The molecule has 0 heterocycles. The molecule has 152 valence electrons. The maximum absolute atomic E-state index is 12.8. The number of carbonyl (C=O) groups excluding carboxylic acids is 1. The van der Waals surface area contributed by atoms with Crippen LogP contribution >= 0.6 is 12.6 Å². The standard InChI is InChI=1S/C23H33N3OS/c1-4-5-6-9-18-11-12-19(13-22(18)25-14-20(24)15-28)23(27)26-21-10-7-8-16(2)17(21)3/h7-8,10-13,20,25,28H,4-6,9,14-15,24H2,1-3H3,(H,26,27). The molecule has 0 saturated heterocycles. The van der Waals surface area contributed by atoms with Gasteiger partial charge < -0.3 is 16.4 Å². The number of nitrogens with one attached hydrogen (secondary N) is 2. The summed E-state index contributed by atoms with van der Waals surface area (Å²) in [5.41, 5.74) is 12.0. The van der Waals surface area contributed by atoms with Crippen molar-refractivity contribution in [3.05, 3.63) is 58.7 Å². The predicted octanol–water partition coefficient (Wildman–Crippen LogP) is 4.96. The monoisotopic (exact) mass is 399 g/mol. The van der Waals surface area contributed by atoms with Gasteiger partial charge in [-0.3, -0.25) is 4.79 Å². The van der Waals surface area contributed by atoms with E-state index in [-0.39, 0.29) is 11.9 Å². The number of benzene rings is 2. The molecule has 0 radical (unpaired) electrons. The van der Waals surface area contributed by atoms with Gasteiger partial charge in [0.2, 0.25) is 0 Å². The van der Waals surface area contributed by atoms with Crippen LogP contribution in [0.4, 0.5) is 11.4 Å². The first-order chi connectivity index (χ1) is 13.5. The number of unbranched alkanes of at least 4 members (excludes halogenated alkanes) is 2. The van der Waals surface area contributed by atoms with Crippen LogP contribution < -0.4 is 16.4 Å². The van der Waals surface area contributed by atoms with Crippen molar-refractivity contribution >= 4 is 29.9 Å². The summed E-state index contributed by atoms with van der Waals surface area (Å²) >= 11 is 4.25. The Balaban J connectivity index is 2.20. The minimum Gasteiger partial charge on any atom is -0.383 e. The largest absolute Gasteiger partial charge is 0.383 e. The van der Waals surface area contributed by atoms with Gasteiger partial charge in [0.1, 0.15) is 0 Å². The van der Waals surface area contributed by atoms with Crippen molar-refractivity contribution in [2.24, 2.45) is 5.73 Å². The Labute approximate surface area is 174 Å². The number of aryl methyl sites for hydroxylation is 2. The van der Waals surface area contributed by atoms with Crippen LogP contribution in [0.25, 0.3) is 0 Å². The molecule has 0 aromatic heterocycles. The summed E-state index contributed by atoms with van der Waals surface area (Å²) in [4.78, 5) is 12.8. The second-order valence-electron chi connectivity index (χ2n) is 7.35. The van der Waals surface area contributed by atoms with Crippen molar-refractivity contribution in [2.45, 2.75) is 52.5 Å². The molecule has 1 amide bonds. The fourth-order valence-corrected chi connectivity index (χ4v) is 3.18. The average molecular weight is 400 g/mol. The van der Waals surface area contributed by atoms with Gasteiger partial charge in [-0.05, 0) is 61.6 Å². The average Bonchev–Trinajstić information content (AvgIpc) is 2.70. The van der Waals surface area contributed by atoms with Crippen molar-refractivity contribution in [3.8, 4) is 0 Å². The molecule has 4 nitrogen and oxygen atoms in total. The molecule has 1 atom stereocenters. The third-order valence-electron chi connectivity index (χ3n) is 5.06. The lowest BCUT2D eigenvalue weighted by Gasteiger charge is -2.17. The fourth-order valence-electron chi connectivity index (χ4n) is 3.05. The predicted molar refractivity (Wildman–Crippen MR) is 124 cm³/mol. The van der Waals surface area contributed by atoms with E-state index in [2.05, 4.69) is 36.3 Å². The summed E-state index contributed by atoms with van der Waals surface area (Å²) in [5, 5.41) is 6.46. The molecule has 0 aliphatic heterocycles. The molecule has 4 N–H and O–H groups in total. The van der Waals surface area contributed by atoms with Crippen LogP contribution in [-0.4, -0.2) is 24.2 Å².